The van der Waals surface area contributed by atoms with E-state index in [0.717, 1.165) is 36.3 Å². The van der Waals surface area contributed by atoms with E-state index in [4.69, 9.17) is 0 Å². The van der Waals surface area contributed by atoms with E-state index in [-0.39, 0.29) is 16.7 Å². The molecule has 1 heterocycles. The summed E-state index contributed by atoms with van der Waals surface area (Å²) in [5, 5.41) is 3.50. The number of carbonyl (C=O) groups is 1. The number of hydrogen-bond donors (Lipinski definition) is 1. The maximum Gasteiger partial charge on any atom is 0.242 e. The van der Waals surface area contributed by atoms with Gasteiger partial charge in [0.15, 0.2) is 5.13 Å². The predicted octanol–water partition coefficient (Wildman–Crippen LogP) is 4.87. The Kier molecular flexibility index (Phi) is 7.29. The average Bonchev–Trinajstić information content (AvgIpc) is 3.13. The SMILES string of the molecule is CCCCC1CCC(C(=O)Nc2nc3ccc(S(=O)(=O)N(C)CC)cc3s2)CC1. The first-order chi connectivity index (χ1) is 13.8. The number of rotatable bonds is 8. The van der Waals surface area contributed by atoms with Gasteiger partial charge in [0.1, 0.15) is 0 Å². The number of benzene rings is 1. The van der Waals surface area contributed by atoms with Gasteiger partial charge in [0.25, 0.3) is 0 Å². The first-order valence-corrected chi connectivity index (χ1v) is 12.8. The lowest BCUT2D eigenvalue weighted by Crippen LogP contribution is -2.27. The number of anilines is 1. The van der Waals surface area contributed by atoms with Crippen LogP contribution in [0.4, 0.5) is 5.13 Å². The van der Waals surface area contributed by atoms with Gasteiger partial charge in [0.05, 0.1) is 15.1 Å². The molecule has 1 aliphatic carbocycles. The highest BCUT2D eigenvalue weighted by Gasteiger charge is 2.27. The Morgan fingerprint density at radius 2 is 1.97 bits per heavy atom. The Bertz CT molecular complexity index is 947. The molecule has 1 N–H and O–H groups in total. The topological polar surface area (TPSA) is 79.4 Å². The quantitative estimate of drug-likeness (QED) is 0.639. The summed E-state index contributed by atoms with van der Waals surface area (Å²) < 4.78 is 27.1. The molecule has 160 valence electrons. The van der Waals surface area contributed by atoms with Gasteiger partial charge in [-0.25, -0.2) is 17.7 Å². The molecule has 3 rings (SSSR count). The number of hydrogen-bond acceptors (Lipinski definition) is 5. The van der Waals surface area contributed by atoms with E-state index in [1.165, 1.54) is 34.9 Å². The number of sulfonamides is 1. The van der Waals surface area contributed by atoms with Crippen molar-refractivity contribution < 1.29 is 13.2 Å². The third kappa shape index (κ3) is 5.16. The lowest BCUT2D eigenvalue weighted by Gasteiger charge is -2.27. The van der Waals surface area contributed by atoms with Gasteiger partial charge in [-0.2, -0.15) is 0 Å². The number of nitrogens with zero attached hydrogens (tertiary/aromatic N) is 2. The molecule has 1 aromatic heterocycles. The molecule has 0 bridgehead atoms. The van der Waals surface area contributed by atoms with Crippen LogP contribution in [-0.2, 0) is 14.8 Å². The predicted molar refractivity (Wildman–Crippen MR) is 119 cm³/mol. The lowest BCUT2D eigenvalue weighted by atomic mass is 9.79. The van der Waals surface area contributed by atoms with E-state index in [0.29, 0.717) is 17.2 Å². The summed E-state index contributed by atoms with van der Waals surface area (Å²) in [4.78, 5) is 17.4. The van der Waals surface area contributed by atoms with Crippen LogP contribution in [0.15, 0.2) is 23.1 Å². The first-order valence-electron chi connectivity index (χ1n) is 10.5. The second-order valence-corrected chi connectivity index (χ2v) is 11.0. The molecule has 29 heavy (non-hydrogen) atoms. The van der Waals surface area contributed by atoms with Crippen LogP contribution in [0.25, 0.3) is 10.2 Å². The number of carbonyl (C=O) groups excluding carboxylic acids is 1. The smallest absolute Gasteiger partial charge is 0.242 e. The molecule has 6 nitrogen and oxygen atoms in total. The highest BCUT2D eigenvalue weighted by Crippen LogP contribution is 2.34. The molecule has 1 aliphatic rings. The molecular weight excluding hydrogens is 406 g/mol. The molecule has 0 unspecified atom stereocenters. The molecule has 1 fully saturated rings. The van der Waals surface area contributed by atoms with Crippen molar-refractivity contribution in [3.63, 3.8) is 0 Å². The molecule has 1 saturated carbocycles. The minimum absolute atomic E-state index is 0.0385. The van der Waals surface area contributed by atoms with Crippen molar-refractivity contribution in [3.05, 3.63) is 18.2 Å². The number of fused-ring (bicyclic) bond motifs is 1. The highest BCUT2D eigenvalue weighted by atomic mass is 32.2. The summed E-state index contributed by atoms with van der Waals surface area (Å²) in [6.45, 7) is 4.43. The fraction of sp³-hybridized carbons (Fsp3) is 0.619. The van der Waals surface area contributed by atoms with Crippen molar-refractivity contribution in [2.45, 2.75) is 63.7 Å². The van der Waals surface area contributed by atoms with E-state index < -0.39 is 10.0 Å². The molecule has 8 heteroatoms. The largest absolute Gasteiger partial charge is 0.302 e. The minimum atomic E-state index is -3.50. The van der Waals surface area contributed by atoms with Gasteiger partial charge in [0, 0.05) is 19.5 Å². The first kappa shape index (κ1) is 22.2. The molecule has 0 saturated heterocycles. The minimum Gasteiger partial charge on any atom is -0.302 e. The molecular formula is C21H31N3O3S2. The van der Waals surface area contributed by atoms with E-state index in [2.05, 4.69) is 17.2 Å². The maximum absolute atomic E-state index is 12.7. The summed E-state index contributed by atoms with van der Waals surface area (Å²) in [5.41, 5.74) is 0.701. The number of aromatic nitrogens is 1. The van der Waals surface area contributed by atoms with Gasteiger partial charge >= 0.3 is 0 Å². The molecule has 0 atom stereocenters. The second-order valence-electron chi connectivity index (χ2n) is 7.92. The van der Waals surface area contributed by atoms with Crippen LogP contribution < -0.4 is 5.32 Å². The van der Waals surface area contributed by atoms with E-state index in [1.54, 1.807) is 32.2 Å². The van der Waals surface area contributed by atoms with Gasteiger partial charge < -0.3 is 5.32 Å². The zero-order chi connectivity index (χ0) is 21.0. The summed E-state index contributed by atoms with van der Waals surface area (Å²) in [7, 11) is -1.93. The second kappa shape index (κ2) is 9.53. The molecule has 0 aliphatic heterocycles. The van der Waals surface area contributed by atoms with E-state index in [9.17, 15) is 13.2 Å². The Labute approximate surface area is 177 Å². The third-order valence-electron chi connectivity index (χ3n) is 5.93. The summed E-state index contributed by atoms with van der Waals surface area (Å²) >= 11 is 1.32. The molecule has 1 aromatic carbocycles. The van der Waals surface area contributed by atoms with Gasteiger partial charge in [-0.15, -0.1) is 0 Å². The molecule has 2 aromatic rings. The number of thiazole rings is 1. The molecule has 0 radical (unpaired) electrons. The van der Waals surface area contributed by atoms with Crippen LogP contribution in [0, 0.1) is 11.8 Å². The van der Waals surface area contributed by atoms with E-state index in [1.807, 2.05) is 0 Å². The standard InChI is InChI=1S/C21H31N3O3S2/c1-4-6-7-15-8-10-16(11-9-15)20(25)23-21-22-18-13-12-17(14-19(18)28-21)29(26,27)24(3)5-2/h12-16H,4-11H2,1-3H3,(H,22,23,25). The Morgan fingerprint density at radius 3 is 2.62 bits per heavy atom. The van der Waals surface area contributed by atoms with E-state index >= 15 is 0 Å². The number of unbranched alkanes of at least 4 members (excludes halogenated alkanes) is 1. The van der Waals surface area contributed by atoms with Crippen LogP contribution in [0.3, 0.4) is 0 Å². The van der Waals surface area contributed by atoms with Crippen molar-refractivity contribution in [2.75, 3.05) is 18.9 Å². The number of nitrogens with one attached hydrogen (secondary N) is 1. The van der Waals surface area contributed by atoms with Crippen molar-refractivity contribution in [1.29, 1.82) is 0 Å². The van der Waals surface area contributed by atoms with Crippen LogP contribution in [0.2, 0.25) is 0 Å². The number of amides is 1. The van der Waals surface area contributed by atoms with Crippen LogP contribution in [0.1, 0.15) is 58.8 Å². The van der Waals surface area contributed by atoms with Crippen LogP contribution in [-0.4, -0.2) is 37.2 Å². The summed E-state index contributed by atoms with van der Waals surface area (Å²) in [6.07, 6.45) is 7.93. The normalized spacial score (nSPS) is 20.3. The maximum atomic E-state index is 12.7. The van der Waals surface area contributed by atoms with Crippen molar-refractivity contribution in [2.24, 2.45) is 11.8 Å². The van der Waals surface area contributed by atoms with Gasteiger partial charge in [-0.05, 0) is 49.8 Å². The highest BCUT2D eigenvalue weighted by molar-refractivity contribution is 7.89. The monoisotopic (exact) mass is 437 g/mol. The van der Waals surface area contributed by atoms with Gasteiger partial charge in [-0.3, -0.25) is 4.79 Å². The zero-order valence-corrected chi connectivity index (χ0v) is 19.1. The Morgan fingerprint density at radius 1 is 1.24 bits per heavy atom. The zero-order valence-electron chi connectivity index (χ0n) is 17.5. The van der Waals surface area contributed by atoms with Crippen molar-refractivity contribution in [3.8, 4) is 0 Å². The fourth-order valence-electron chi connectivity index (χ4n) is 3.88. The molecule has 1 amide bonds. The summed E-state index contributed by atoms with van der Waals surface area (Å²) in [6, 6.07) is 4.92. The molecule has 0 spiro atoms. The van der Waals surface area contributed by atoms with Crippen molar-refractivity contribution >= 4 is 42.6 Å². The van der Waals surface area contributed by atoms with Crippen LogP contribution >= 0.6 is 11.3 Å². The fourth-order valence-corrected chi connectivity index (χ4v) is 6.07. The third-order valence-corrected chi connectivity index (χ3v) is 8.79. The van der Waals surface area contributed by atoms with Crippen molar-refractivity contribution in [1.82, 2.24) is 9.29 Å². The Hall–Kier alpha value is -1.51. The summed E-state index contributed by atoms with van der Waals surface area (Å²) in [5.74, 6) is 0.855. The average molecular weight is 438 g/mol. The Balaban J connectivity index is 1.66. The lowest BCUT2D eigenvalue weighted by molar-refractivity contribution is -0.121. The van der Waals surface area contributed by atoms with Gasteiger partial charge in [0.2, 0.25) is 15.9 Å². The van der Waals surface area contributed by atoms with Gasteiger partial charge in [-0.1, -0.05) is 44.4 Å². The van der Waals surface area contributed by atoms with Crippen LogP contribution in [0.5, 0.6) is 0 Å².